The zero-order valence-corrected chi connectivity index (χ0v) is 21.2. The Hall–Kier alpha value is -1.54. The molecule has 4 aliphatic rings. The third kappa shape index (κ3) is 4.19. The summed E-state index contributed by atoms with van der Waals surface area (Å²) in [7, 11) is 0. The number of rotatable bonds is 11. The molecule has 0 aromatic rings. The van der Waals surface area contributed by atoms with Crippen molar-refractivity contribution in [3.05, 3.63) is 12.7 Å². The van der Waals surface area contributed by atoms with Crippen molar-refractivity contribution in [1.29, 1.82) is 0 Å². The monoisotopic (exact) mass is 492 g/mol. The minimum absolute atomic E-state index is 0.0101. The van der Waals surface area contributed by atoms with Gasteiger partial charge >= 0.3 is 5.97 Å². The molecule has 8 heteroatoms. The third-order valence-corrected chi connectivity index (χ3v) is 10.8. The van der Waals surface area contributed by atoms with Crippen LogP contribution in [0.15, 0.2) is 12.7 Å². The molecule has 2 bridgehead atoms. The van der Waals surface area contributed by atoms with E-state index in [9.17, 15) is 19.5 Å². The van der Waals surface area contributed by atoms with Crippen LogP contribution in [0, 0.1) is 17.8 Å². The van der Waals surface area contributed by atoms with Gasteiger partial charge in [0.15, 0.2) is 0 Å². The molecule has 1 saturated carbocycles. The number of carbonyl (C=O) groups excluding carboxylic acids is 2. The maximum Gasteiger partial charge on any atom is 0.308 e. The van der Waals surface area contributed by atoms with Crippen molar-refractivity contribution in [3.63, 3.8) is 0 Å². The predicted molar refractivity (Wildman–Crippen MR) is 132 cm³/mol. The van der Waals surface area contributed by atoms with Crippen molar-refractivity contribution in [2.24, 2.45) is 17.8 Å². The number of likely N-dealkylation sites (tertiary alicyclic amines) is 1. The highest BCUT2D eigenvalue weighted by atomic mass is 32.2. The maximum absolute atomic E-state index is 14.4. The van der Waals surface area contributed by atoms with Gasteiger partial charge in [0, 0.05) is 31.0 Å². The quantitative estimate of drug-likeness (QED) is 0.339. The first kappa shape index (κ1) is 25.5. The van der Waals surface area contributed by atoms with Crippen LogP contribution in [0.4, 0.5) is 0 Å². The molecule has 2 N–H and O–H groups in total. The summed E-state index contributed by atoms with van der Waals surface area (Å²) in [5.74, 6) is -2.30. The summed E-state index contributed by atoms with van der Waals surface area (Å²) >= 11 is 1.62. The Morgan fingerprint density at radius 1 is 1.21 bits per heavy atom. The highest BCUT2D eigenvalue weighted by molar-refractivity contribution is 8.02. The standard InChI is InChI=1S/C26H40N2O5S/c1-3-13-27(18-11-7-6-8-12-18)24(31)22-26-17(2)16-19(34-26)20(25(32)33)21(26)23(30)28(22)14-9-4-5-10-15-29/h3,17-22,29H,1,4-16H2,2H3,(H,32,33)/t17?,19-,20+,21+,22?,26?/m1/s1. The number of aliphatic hydroxyl groups excluding tert-OH is 1. The van der Waals surface area contributed by atoms with Crippen molar-refractivity contribution in [3.8, 4) is 0 Å². The topological polar surface area (TPSA) is 98.2 Å². The summed E-state index contributed by atoms with van der Waals surface area (Å²) in [5.41, 5.74) is 0. The van der Waals surface area contributed by atoms with E-state index >= 15 is 0 Å². The number of hydrogen-bond donors (Lipinski definition) is 2. The lowest BCUT2D eigenvalue weighted by molar-refractivity contribution is -0.149. The SMILES string of the molecule is C=CCN(C(=O)C1N(CCCCCCO)C(=O)[C@@H]2[C@@H](C(=O)O)[C@H]3CC(C)C12S3)C1CCCCC1. The molecule has 7 nitrogen and oxygen atoms in total. The predicted octanol–water partition coefficient (Wildman–Crippen LogP) is 3.31. The van der Waals surface area contributed by atoms with Gasteiger partial charge in [0.1, 0.15) is 6.04 Å². The molecule has 4 fully saturated rings. The lowest BCUT2D eigenvalue weighted by Gasteiger charge is -2.43. The number of carbonyl (C=O) groups is 3. The van der Waals surface area contributed by atoms with Gasteiger partial charge in [-0.15, -0.1) is 18.3 Å². The summed E-state index contributed by atoms with van der Waals surface area (Å²) < 4.78 is -0.666. The van der Waals surface area contributed by atoms with Crippen LogP contribution in [0.3, 0.4) is 0 Å². The van der Waals surface area contributed by atoms with Gasteiger partial charge in [-0.1, -0.05) is 45.1 Å². The molecule has 1 spiro atoms. The van der Waals surface area contributed by atoms with Gasteiger partial charge in [0.05, 0.1) is 16.6 Å². The largest absolute Gasteiger partial charge is 0.481 e. The molecular weight excluding hydrogens is 452 g/mol. The molecule has 3 heterocycles. The van der Waals surface area contributed by atoms with E-state index in [2.05, 4.69) is 13.5 Å². The molecule has 3 aliphatic heterocycles. The molecule has 1 aliphatic carbocycles. The minimum Gasteiger partial charge on any atom is -0.481 e. The first-order valence-corrected chi connectivity index (χ1v) is 14.0. The van der Waals surface area contributed by atoms with E-state index < -0.39 is 28.6 Å². The molecule has 4 rings (SSSR count). The van der Waals surface area contributed by atoms with E-state index in [1.54, 1.807) is 22.7 Å². The smallest absolute Gasteiger partial charge is 0.308 e. The number of fused-ring (bicyclic) bond motifs is 1. The second-order valence-corrected chi connectivity index (χ2v) is 12.2. The van der Waals surface area contributed by atoms with E-state index in [1.807, 2.05) is 4.90 Å². The maximum atomic E-state index is 14.4. The fourth-order valence-electron chi connectivity index (χ4n) is 7.18. The third-order valence-electron chi connectivity index (χ3n) is 8.70. The fourth-order valence-corrected chi connectivity index (χ4v) is 9.59. The Labute approximate surface area is 207 Å². The summed E-state index contributed by atoms with van der Waals surface area (Å²) in [6.07, 6.45) is 11.1. The van der Waals surface area contributed by atoms with Crippen LogP contribution in [0.25, 0.3) is 0 Å². The number of hydrogen-bond acceptors (Lipinski definition) is 5. The van der Waals surface area contributed by atoms with Crippen molar-refractivity contribution in [2.75, 3.05) is 19.7 Å². The van der Waals surface area contributed by atoms with Crippen LogP contribution in [-0.2, 0) is 14.4 Å². The second kappa shape index (κ2) is 10.6. The van der Waals surface area contributed by atoms with Gasteiger partial charge in [-0.25, -0.2) is 0 Å². The summed E-state index contributed by atoms with van der Waals surface area (Å²) in [6, 6.07) is -0.454. The van der Waals surface area contributed by atoms with Crippen LogP contribution in [0.1, 0.15) is 71.1 Å². The van der Waals surface area contributed by atoms with Gasteiger partial charge in [-0.05, 0) is 38.0 Å². The molecule has 0 aromatic heterocycles. The Balaban J connectivity index is 1.67. The average Bonchev–Trinajstić information content (AvgIpc) is 3.41. The normalized spacial score (nSPS) is 34.9. The van der Waals surface area contributed by atoms with E-state index in [4.69, 9.17) is 5.11 Å². The van der Waals surface area contributed by atoms with Crippen LogP contribution in [-0.4, -0.2) is 79.6 Å². The van der Waals surface area contributed by atoms with Crippen molar-refractivity contribution in [1.82, 2.24) is 9.80 Å². The lowest BCUT2D eigenvalue weighted by Crippen LogP contribution is -2.59. The molecule has 190 valence electrons. The van der Waals surface area contributed by atoms with E-state index in [-0.39, 0.29) is 35.6 Å². The van der Waals surface area contributed by atoms with Gasteiger partial charge in [0.2, 0.25) is 11.8 Å². The zero-order chi connectivity index (χ0) is 24.5. The average molecular weight is 493 g/mol. The molecule has 0 radical (unpaired) electrons. The molecule has 0 aromatic carbocycles. The molecule has 6 atom stereocenters. The molecule has 3 saturated heterocycles. The minimum atomic E-state index is -0.907. The number of nitrogens with zero attached hydrogens (tertiary/aromatic N) is 2. The van der Waals surface area contributed by atoms with Crippen LogP contribution < -0.4 is 0 Å². The number of carboxylic acids is 1. The van der Waals surface area contributed by atoms with E-state index in [0.717, 1.165) is 57.8 Å². The molecule has 2 amide bonds. The van der Waals surface area contributed by atoms with Gasteiger partial charge in [0.25, 0.3) is 0 Å². The number of thioether (sulfide) groups is 1. The van der Waals surface area contributed by atoms with Crippen LogP contribution in [0.2, 0.25) is 0 Å². The Kier molecular flexibility index (Phi) is 7.97. The Morgan fingerprint density at radius 3 is 2.56 bits per heavy atom. The van der Waals surface area contributed by atoms with Gasteiger partial charge in [-0.3, -0.25) is 14.4 Å². The first-order chi connectivity index (χ1) is 16.4. The van der Waals surface area contributed by atoms with E-state index in [1.165, 1.54) is 6.42 Å². The number of aliphatic hydroxyl groups is 1. The molecule has 3 unspecified atom stereocenters. The van der Waals surface area contributed by atoms with Crippen molar-refractivity contribution in [2.45, 2.75) is 93.2 Å². The number of aliphatic carboxylic acids is 1. The Morgan fingerprint density at radius 2 is 1.91 bits per heavy atom. The fraction of sp³-hybridized carbons (Fsp3) is 0.808. The number of unbranched alkanes of at least 4 members (excludes halogenated alkanes) is 3. The highest BCUT2D eigenvalue weighted by Crippen LogP contribution is 2.68. The highest BCUT2D eigenvalue weighted by Gasteiger charge is 2.76. The van der Waals surface area contributed by atoms with Crippen LogP contribution >= 0.6 is 11.8 Å². The number of carboxylic acid groups (broad SMARTS) is 1. The van der Waals surface area contributed by atoms with Crippen LogP contribution in [0.5, 0.6) is 0 Å². The number of amides is 2. The van der Waals surface area contributed by atoms with Gasteiger partial charge in [-0.2, -0.15) is 0 Å². The van der Waals surface area contributed by atoms with Gasteiger partial charge < -0.3 is 20.0 Å². The second-order valence-electron chi connectivity index (χ2n) is 10.6. The molecular formula is C26H40N2O5S. The summed E-state index contributed by atoms with van der Waals surface area (Å²) in [6.45, 7) is 7.09. The van der Waals surface area contributed by atoms with Crippen molar-refractivity contribution < 1.29 is 24.6 Å². The van der Waals surface area contributed by atoms with E-state index in [0.29, 0.717) is 13.1 Å². The summed E-state index contributed by atoms with van der Waals surface area (Å²) in [5, 5.41) is 19.0. The Bertz CT molecular complexity index is 800. The lowest BCUT2D eigenvalue weighted by atomic mass is 9.66. The molecule has 34 heavy (non-hydrogen) atoms. The zero-order valence-electron chi connectivity index (χ0n) is 20.4. The first-order valence-electron chi connectivity index (χ1n) is 13.1. The summed E-state index contributed by atoms with van der Waals surface area (Å²) in [4.78, 5) is 44.2. The van der Waals surface area contributed by atoms with Crippen molar-refractivity contribution >= 4 is 29.5 Å².